The van der Waals surface area contributed by atoms with E-state index in [-0.39, 0.29) is 5.78 Å². The predicted octanol–water partition coefficient (Wildman–Crippen LogP) is 3.45. The van der Waals surface area contributed by atoms with Gasteiger partial charge in [0.05, 0.1) is 11.6 Å². The average molecular weight is 259 g/mol. The summed E-state index contributed by atoms with van der Waals surface area (Å²) in [6.07, 6.45) is 0. The molecule has 1 aliphatic heterocycles. The highest BCUT2D eigenvalue weighted by atomic mass is 35.5. The Bertz CT molecular complexity index is 588. The van der Waals surface area contributed by atoms with Crippen LogP contribution in [0.5, 0.6) is 0 Å². The Hall–Kier alpha value is -1.64. The Balaban J connectivity index is 2.01. The number of epoxide rings is 1. The largest absolute Gasteiger partial charge is 0.356 e. The molecule has 2 nitrogen and oxygen atoms in total. The highest BCUT2D eigenvalue weighted by molar-refractivity contribution is 6.34. The lowest BCUT2D eigenvalue weighted by molar-refractivity contribution is 0.0871. The number of Topliss-reactive ketones (excluding diaryl/α,β-unsaturated/α-hetero) is 1. The molecule has 1 unspecified atom stereocenters. The molecule has 0 amide bonds. The Labute approximate surface area is 110 Å². The van der Waals surface area contributed by atoms with Crippen molar-refractivity contribution in [3.8, 4) is 0 Å². The highest BCUT2D eigenvalue weighted by Crippen LogP contribution is 2.42. The van der Waals surface area contributed by atoms with Crippen LogP contribution in [0.25, 0.3) is 0 Å². The number of carbonyl (C=O) groups excluding carboxylic acids is 1. The smallest absolute Gasteiger partial charge is 0.203 e. The molecule has 2 aromatic carbocycles. The number of ether oxygens (including phenoxy) is 1. The first-order valence-electron chi connectivity index (χ1n) is 5.73. The first-order valence-corrected chi connectivity index (χ1v) is 6.11. The van der Waals surface area contributed by atoms with Crippen molar-refractivity contribution in [2.45, 2.75) is 5.60 Å². The first kappa shape index (κ1) is 11.5. The fraction of sp³-hybridized carbons (Fsp3) is 0.133. The molecule has 0 radical (unpaired) electrons. The van der Waals surface area contributed by atoms with Gasteiger partial charge >= 0.3 is 0 Å². The van der Waals surface area contributed by atoms with Crippen LogP contribution in [0.2, 0.25) is 5.02 Å². The standard InChI is InChI=1S/C15H11ClO2/c16-13-9-5-4-8-12(13)14(17)15(10-18-15)11-6-2-1-3-7-11/h1-9H,10H2. The fourth-order valence-electron chi connectivity index (χ4n) is 2.07. The lowest BCUT2D eigenvalue weighted by atomic mass is 9.91. The summed E-state index contributed by atoms with van der Waals surface area (Å²) in [6.45, 7) is 0.418. The minimum Gasteiger partial charge on any atom is -0.356 e. The van der Waals surface area contributed by atoms with E-state index in [4.69, 9.17) is 16.3 Å². The Morgan fingerprint density at radius 3 is 2.28 bits per heavy atom. The number of hydrogen-bond acceptors (Lipinski definition) is 2. The van der Waals surface area contributed by atoms with Gasteiger partial charge < -0.3 is 4.74 Å². The number of halogens is 1. The van der Waals surface area contributed by atoms with Crippen LogP contribution in [0.15, 0.2) is 54.6 Å². The minimum absolute atomic E-state index is 0.0701. The van der Waals surface area contributed by atoms with Crippen molar-refractivity contribution >= 4 is 17.4 Å². The van der Waals surface area contributed by atoms with E-state index >= 15 is 0 Å². The van der Waals surface area contributed by atoms with Crippen molar-refractivity contribution in [2.75, 3.05) is 6.61 Å². The first-order chi connectivity index (χ1) is 8.74. The SMILES string of the molecule is O=C(c1ccccc1Cl)C1(c2ccccc2)CO1. The molecule has 0 saturated carbocycles. The van der Waals surface area contributed by atoms with Gasteiger partial charge in [0.15, 0.2) is 5.60 Å². The molecule has 0 aliphatic carbocycles. The van der Waals surface area contributed by atoms with Crippen LogP contribution in [-0.2, 0) is 10.3 Å². The summed E-state index contributed by atoms with van der Waals surface area (Å²) in [6, 6.07) is 16.6. The molecular formula is C15H11ClO2. The van der Waals surface area contributed by atoms with Gasteiger partial charge in [-0.1, -0.05) is 54.1 Å². The van der Waals surface area contributed by atoms with Gasteiger partial charge in [0.25, 0.3) is 0 Å². The van der Waals surface area contributed by atoms with Gasteiger partial charge in [-0.3, -0.25) is 4.79 Å². The van der Waals surface area contributed by atoms with E-state index in [1.54, 1.807) is 18.2 Å². The van der Waals surface area contributed by atoms with E-state index in [1.807, 2.05) is 36.4 Å². The summed E-state index contributed by atoms with van der Waals surface area (Å²) in [7, 11) is 0. The molecule has 1 aliphatic rings. The molecule has 0 spiro atoms. The molecule has 3 rings (SSSR count). The second kappa shape index (κ2) is 4.23. The minimum atomic E-state index is -0.827. The maximum absolute atomic E-state index is 12.5. The highest BCUT2D eigenvalue weighted by Gasteiger charge is 2.54. The summed E-state index contributed by atoms with van der Waals surface area (Å²) in [5.74, 6) is -0.0701. The summed E-state index contributed by atoms with van der Waals surface area (Å²) >= 11 is 6.06. The van der Waals surface area contributed by atoms with Gasteiger partial charge in [0.1, 0.15) is 0 Å². The van der Waals surface area contributed by atoms with E-state index in [1.165, 1.54) is 0 Å². The molecule has 1 fully saturated rings. The molecule has 2 aromatic rings. The van der Waals surface area contributed by atoms with Crippen LogP contribution < -0.4 is 0 Å². The molecule has 3 heteroatoms. The molecule has 1 saturated heterocycles. The lowest BCUT2D eigenvalue weighted by Gasteiger charge is -2.12. The number of benzene rings is 2. The van der Waals surface area contributed by atoms with Gasteiger partial charge in [-0.2, -0.15) is 0 Å². The van der Waals surface area contributed by atoms with Gasteiger partial charge in [0.2, 0.25) is 5.78 Å². The van der Waals surface area contributed by atoms with Crippen molar-refractivity contribution in [1.82, 2.24) is 0 Å². The fourth-order valence-corrected chi connectivity index (χ4v) is 2.29. The van der Waals surface area contributed by atoms with Crippen molar-refractivity contribution in [3.63, 3.8) is 0 Å². The van der Waals surface area contributed by atoms with Crippen molar-refractivity contribution in [3.05, 3.63) is 70.7 Å². The van der Waals surface area contributed by atoms with E-state index < -0.39 is 5.60 Å². The van der Waals surface area contributed by atoms with Gasteiger partial charge in [-0.15, -0.1) is 0 Å². The predicted molar refractivity (Wildman–Crippen MR) is 69.9 cm³/mol. The van der Waals surface area contributed by atoms with E-state index in [0.29, 0.717) is 17.2 Å². The maximum Gasteiger partial charge on any atom is 0.203 e. The third kappa shape index (κ3) is 1.74. The quantitative estimate of drug-likeness (QED) is 0.623. The molecule has 1 heterocycles. The number of ketones is 1. The molecule has 0 aromatic heterocycles. The zero-order valence-electron chi connectivity index (χ0n) is 9.60. The third-order valence-electron chi connectivity index (χ3n) is 3.16. The van der Waals surface area contributed by atoms with Crippen molar-refractivity contribution < 1.29 is 9.53 Å². The van der Waals surface area contributed by atoms with Gasteiger partial charge in [-0.05, 0) is 17.7 Å². The van der Waals surface area contributed by atoms with Crippen LogP contribution in [0.1, 0.15) is 15.9 Å². The number of carbonyl (C=O) groups is 1. The molecular weight excluding hydrogens is 248 g/mol. The molecule has 0 bridgehead atoms. The summed E-state index contributed by atoms with van der Waals surface area (Å²) in [5.41, 5.74) is 0.571. The van der Waals surface area contributed by atoms with Crippen molar-refractivity contribution in [2.24, 2.45) is 0 Å². The summed E-state index contributed by atoms with van der Waals surface area (Å²) in [4.78, 5) is 12.5. The summed E-state index contributed by atoms with van der Waals surface area (Å²) < 4.78 is 5.45. The second-order valence-corrected chi connectivity index (χ2v) is 4.70. The zero-order chi connectivity index (χ0) is 12.6. The monoisotopic (exact) mass is 258 g/mol. The van der Waals surface area contributed by atoms with Crippen LogP contribution in [0, 0.1) is 0 Å². The second-order valence-electron chi connectivity index (χ2n) is 4.29. The van der Waals surface area contributed by atoms with Gasteiger partial charge in [0, 0.05) is 5.56 Å². The Morgan fingerprint density at radius 2 is 1.67 bits per heavy atom. The molecule has 0 N–H and O–H groups in total. The van der Waals surface area contributed by atoms with Crippen molar-refractivity contribution in [1.29, 1.82) is 0 Å². The van der Waals surface area contributed by atoms with E-state index in [9.17, 15) is 4.79 Å². The van der Waals surface area contributed by atoms with Crippen LogP contribution in [-0.4, -0.2) is 12.4 Å². The Kier molecular flexibility index (Phi) is 2.69. The summed E-state index contributed by atoms with van der Waals surface area (Å²) in [5, 5.41) is 0.466. The van der Waals surface area contributed by atoms with Crippen LogP contribution in [0.3, 0.4) is 0 Å². The normalized spacial score (nSPS) is 21.6. The third-order valence-corrected chi connectivity index (χ3v) is 3.49. The average Bonchev–Trinajstić information content (AvgIpc) is 3.21. The lowest BCUT2D eigenvalue weighted by Crippen LogP contribution is -2.22. The van der Waals surface area contributed by atoms with Crippen LogP contribution >= 0.6 is 11.6 Å². The number of hydrogen-bond donors (Lipinski definition) is 0. The van der Waals surface area contributed by atoms with E-state index in [2.05, 4.69) is 0 Å². The zero-order valence-corrected chi connectivity index (χ0v) is 10.4. The molecule has 90 valence electrons. The van der Waals surface area contributed by atoms with Crippen LogP contribution in [0.4, 0.5) is 0 Å². The van der Waals surface area contributed by atoms with E-state index in [0.717, 1.165) is 5.56 Å². The Morgan fingerprint density at radius 1 is 1.06 bits per heavy atom. The van der Waals surface area contributed by atoms with Gasteiger partial charge in [-0.25, -0.2) is 0 Å². The molecule has 18 heavy (non-hydrogen) atoms. The topological polar surface area (TPSA) is 29.6 Å². The number of rotatable bonds is 3. The molecule has 1 atom stereocenters. The maximum atomic E-state index is 12.5.